The molecular weight excluding hydrogens is 250 g/mol. The smallest absolute Gasteiger partial charge is 0.327 e. The molecule has 3 heteroatoms. The van der Waals surface area contributed by atoms with Crippen LogP contribution in [0, 0.1) is 0 Å². The van der Waals surface area contributed by atoms with E-state index in [0.717, 1.165) is 16.3 Å². The number of carbonyl (C=O) groups is 1. The van der Waals surface area contributed by atoms with Crippen LogP contribution in [0.25, 0.3) is 10.8 Å². The number of hydrogen-bond acceptors (Lipinski definition) is 3. The Bertz CT molecular complexity index is 587. The van der Waals surface area contributed by atoms with E-state index in [4.69, 9.17) is 4.74 Å². The molecule has 0 aliphatic rings. The van der Waals surface area contributed by atoms with Crippen LogP contribution in [0.5, 0.6) is 0 Å². The maximum atomic E-state index is 12.2. The van der Waals surface area contributed by atoms with Crippen LogP contribution in [0.1, 0.15) is 32.4 Å². The molecule has 1 unspecified atom stereocenters. The zero-order valence-corrected chi connectivity index (χ0v) is 12.2. The Morgan fingerprint density at radius 1 is 1.15 bits per heavy atom. The van der Waals surface area contributed by atoms with Crippen LogP contribution < -0.4 is 5.32 Å². The Morgan fingerprint density at radius 3 is 2.55 bits per heavy atom. The molecule has 0 spiro atoms. The molecule has 1 atom stereocenters. The topological polar surface area (TPSA) is 38.3 Å². The molecule has 106 valence electrons. The van der Waals surface area contributed by atoms with Gasteiger partial charge in [-0.15, -0.1) is 0 Å². The van der Waals surface area contributed by atoms with E-state index in [1.807, 2.05) is 51.1 Å². The van der Waals surface area contributed by atoms with Gasteiger partial charge in [0.2, 0.25) is 0 Å². The lowest BCUT2D eigenvalue weighted by molar-refractivity contribution is -0.146. The van der Waals surface area contributed by atoms with Crippen molar-refractivity contribution in [2.45, 2.75) is 32.9 Å². The average Bonchev–Trinajstić information content (AvgIpc) is 2.44. The van der Waals surface area contributed by atoms with Gasteiger partial charge in [0.05, 0.1) is 6.61 Å². The van der Waals surface area contributed by atoms with Gasteiger partial charge in [-0.1, -0.05) is 42.5 Å². The molecule has 0 amide bonds. The summed E-state index contributed by atoms with van der Waals surface area (Å²) in [6, 6.07) is 13.9. The summed E-state index contributed by atoms with van der Waals surface area (Å²) in [5, 5.41) is 5.51. The van der Waals surface area contributed by atoms with Crippen LogP contribution in [-0.4, -0.2) is 18.6 Å². The Hall–Kier alpha value is -1.87. The maximum absolute atomic E-state index is 12.2. The van der Waals surface area contributed by atoms with Crippen LogP contribution in [0.15, 0.2) is 42.5 Å². The first-order valence-electron chi connectivity index (χ1n) is 7.03. The predicted molar refractivity (Wildman–Crippen MR) is 81.6 cm³/mol. The molecule has 0 aliphatic heterocycles. The molecular formula is C17H21NO2. The summed E-state index contributed by atoms with van der Waals surface area (Å²) in [6.45, 7) is 6.27. The quantitative estimate of drug-likeness (QED) is 0.847. The molecule has 2 aromatic rings. The summed E-state index contributed by atoms with van der Waals surface area (Å²) >= 11 is 0. The first-order valence-corrected chi connectivity index (χ1v) is 7.03. The van der Waals surface area contributed by atoms with E-state index in [-0.39, 0.29) is 12.0 Å². The molecule has 0 aliphatic carbocycles. The molecule has 2 rings (SSSR count). The summed E-state index contributed by atoms with van der Waals surface area (Å²) in [5.74, 6) is -0.224. The molecule has 0 aromatic heterocycles. The Kier molecular flexibility index (Phi) is 4.74. The second kappa shape index (κ2) is 6.53. The second-order valence-electron chi connectivity index (χ2n) is 5.07. The fraction of sp³-hybridized carbons (Fsp3) is 0.353. The van der Waals surface area contributed by atoms with Crippen LogP contribution in [-0.2, 0) is 9.53 Å². The summed E-state index contributed by atoms with van der Waals surface area (Å²) in [6.07, 6.45) is 0. The normalized spacial score (nSPS) is 12.6. The number of hydrogen-bond donors (Lipinski definition) is 1. The van der Waals surface area contributed by atoms with Gasteiger partial charge in [-0.3, -0.25) is 5.32 Å². The third-order valence-electron chi connectivity index (χ3n) is 3.16. The maximum Gasteiger partial charge on any atom is 0.327 e. The van der Waals surface area contributed by atoms with E-state index < -0.39 is 6.04 Å². The molecule has 0 bridgehead atoms. The molecule has 3 nitrogen and oxygen atoms in total. The minimum absolute atomic E-state index is 0.198. The highest BCUT2D eigenvalue weighted by atomic mass is 16.5. The van der Waals surface area contributed by atoms with Gasteiger partial charge in [-0.2, -0.15) is 0 Å². The number of nitrogens with one attached hydrogen (secondary N) is 1. The van der Waals surface area contributed by atoms with Crippen molar-refractivity contribution >= 4 is 16.7 Å². The molecule has 1 N–H and O–H groups in total. The lowest BCUT2D eigenvalue weighted by Gasteiger charge is -2.21. The van der Waals surface area contributed by atoms with Gasteiger partial charge >= 0.3 is 5.97 Å². The van der Waals surface area contributed by atoms with Crippen LogP contribution in [0.2, 0.25) is 0 Å². The number of ether oxygens (including phenoxy) is 1. The molecule has 0 radical (unpaired) electrons. The van der Waals surface area contributed by atoms with Crippen molar-refractivity contribution in [2.24, 2.45) is 0 Å². The fourth-order valence-corrected chi connectivity index (χ4v) is 2.35. The Balaban J connectivity index is 2.47. The summed E-state index contributed by atoms with van der Waals surface area (Å²) in [7, 11) is 0. The monoisotopic (exact) mass is 271 g/mol. The van der Waals surface area contributed by atoms with Gasteiger partial charge in [0.15, 0.2) is 0 Å². The van der Waals surface area contributed by atoms with Crippen LogP contribution in [0.4, 0.5) is 0 Å². The fourth-order valence-electron chi connectivity index (χ4n) is 2.35. The van der Waals surface area contributed by atoms with Gasteiger partial charge in [-0.25, -0.2) is 4.79 Å². The highest BCUT2D eigenvalue weighted by molar-refractivity contribution is 5.91. The minimum atomic E-state index is -0.430. The zero-order valence-electron chi connectivity index (χ0n) is 12.2. The second-order valence-corrected chi connectivity index (χ2v) is 5.07. The number of fused-ring (bicyclic) bond motifs is 1. The first-order chi connectivity index (χ1) is 9.63. The summed E-state index contributed by atoms with van der Waals surface area (Å²) in [4.78, 5) is 12.2. The predicted octanol–water partition coefficient (Wildman–Crippen LogP) is 3.44. The van der Waals surface area contributed by atoms with Gasteiger partial charge in [0.25, 0.3) is 0 Å². The van der Waals surface area contributed by atoms with E-state index >= 15 is 0 Å². The highest BCUT2D eigenvalue weighted by Gasteiger charge is 2.24. The number of rotatable bonds is 5. The minimum Gasteiger partial charge on any atom is -0.465 e. The van der Waals surface area contributed by atoms with Gasteiger partial charge in [0.1, 0.15) is 6.04 Å². The SMILES string of the molecule is CCOC(=O)C(NC(C)C)c1cccc2ccccc12. The van der Waals surface area contributed by atoms with Crippen molar-refractivity contribution in [1.82, 2.24) is 5.32 Å². The van der Waals surface area contributed by atoms with E-state index in [2.05, 4.69) is 17.4 Å². The van der Waals surface area contributed by atoms with Crippen molar-refractivity contribution in [3.05, 3.63) is 48.0 Å². The average molecular weight is 271 g/mol. The zero-order chi connectivity index (χ0) is 14.5. The van der Waals surface area contributed by atoms with E-state index in [1.54, 1.807) is 0 Å². The molecule has 0 saturated carbocycles. The Morgan fingerprint density at radius 2 is 1.85 bits per heavy atom. The van der Waals surface area contributed by atoms with E-state index in [9.17, 15) is 4.79 Å². The number of esters is 1. The Labute approximate surface area is 119 Å². The molecule has 0 fully saturated rings. The highest BCUT2D eigenvalue weighted by Crippen LogP contribution is 2.25. The molecule has 2 aromatic carbocycles. The summed E-state index contributed by atoms with van der Waals surface area (Å²) < 4.78 is 5.21. The third-order valence-corrected chi connectivity index (χ3v) is 3.16. The lowest BCUT2D eigenvalue weighted by atomic mass is 9.98. The van der Waals surface area contributed by atoms with Crippen molar-refractivity contribution < 1.29 is 9.53 Å². The molecule has 0 saturated heterocycles. The molecule has 0 heterocycles. The molecule has 20 heavy (non-hydrogen) atoms. The largest absolute Gasteiger partial charge is 0.465 e. The van der Waals surface area contributed by atoms with Crippen molar-refractivity contribution in [3.8, 4) is 0 Å². The van der Waals surface area contributed by atoms with Gasteiger partial charge in [-0.05, 0) is 37.1 Å². The number of carbonyl (C=O) groups excluding carboxylic acids is 1. The van der Waals surface area contributed by atoms with E-state index in [1.165, 1.54) is 0 Å². The van der Waals surface area contributed by atoms with Gasteiger partial charge in [0, 0.05) is 6.04 Å². The lowest BCUT2D eigenvalue weighted by Crippen LogP contribution is -2.35. The number of benzene rings is 2. The summed E-state index contributed by atoms with van der Waals surface area (Å²) in [5.41, 5.74) is 0.968. The van der Waals surface area contributed by atoms with Crippen molar-refractivity contribution in [2.75, 3.05) is 6.61 Å². The van der Waals surface area contributed by atoms with Gasteiger partial charge < -0.3 is 4.74 Å². The van der Waals surface area contributed by atoms with Crippen LogP contribution in [0.3, 0.4) is 0 Å². The van der Waals surface area contributed by atoms with Crippen molar-refractivity contribution in [1.29, 1.82) is 0 Å². The van der Waals surface area contributed by atoms with Crippen LogP contribution >= 0.6 is 0 Å². The third kappa shape index (κ3) is 3.17. The van der Waals surface area contributed by atoms with Crippen molar-refractivity contribution in [3.63, 3.8) is 0 Å². The standard InChI is InChI=1S/C17H21NO2/c1-4-20-17(19)16(18-12(2)3)15-11-7-9-13-8-5-6-10-14(13)15/h5-12,16,18H,4H2,1-3H3. The van der Waals surface area contributed by atoms with E-state index in [0.29, 0.717) is 6.61 Å². The first kappa shape index (κ1) is 14.5.